The normalized spacial score (nSPS) is 15.8. The van der Waals surface area contributed by atoms with E-state index in [9.17, 15) is 13.6 Å². The van der Waals surface area contributed by atoms with Crippen molar-refractivity contribution in [1.82, 2.24) is 10.5 Å². The monoisotopic (exact) mass is 398 g/mol. The molecule has 0 spiro atoms. The zero-order chi connectivity index (χ0) is 20.3. The van der Waals surface area contributed by atoms with Crippen LogP contribution in [0.5, 0.6) is 0 Å². The van der Waals surface area contributed by atoms with Gasteiger partial charge in [-0.2, -0.15) is 0 Å². The van der Waals surface area contributed by atoms with Gasteiger partial charge in [-0.15, -0.1) is 0 Å². The van der Waals surface area contributed by atoms with Crippen LogP contribution >= 0.6 is 0 Å². The molecule has 3 aromatic rings. The fourth-order valence-corrected chi connectivity index (χ4v) is 3.65. The second-order valence-electron chi connectivity index (χ2n) is 7.17. The molecule has 4 rings (SSSR count). The SMILES string of the molecule is O=C(NCC1(c2cccc(F)c2)CCOCC1)c1cc(-c2cccc(F)c2)no1. The minimum Gasteiger partial charge on any atom is -0.381 e. The van der Waals surface area contributed by atoms with Gasteiger partial charge in [-0.05, 0) is 42.7 Å². The van der Waals surface area contributed by atoms with Crippen molar-refractivity contribution in [3.63, 3.8) is 0 Å². The molecule has 150 valence electrons. The highest BCUT2D eigenvalue weighted by Gasteiger charge is 2.35. The summed E-state index contributed by atoms with van der Waals surface area (Å²) >= 11 is 0. The number of benzene rings is 2. The number of carbonyl (C=O) groups is 1. The van der Waals surface area contributed by atoms with Gasteiger partial charge < -0.3 is 14.6 Å². The van der Waals surface area contributed by atoms with E-state index in [1.807, 2.05) is 6.07 Å². The van der Waals surface area contributed by atoms with Crippen LogP contribution in [0.2, 0.25) is 0 Å². The lowest BCUT2D eigenvalue weighted by molar-refractivity contribution is 0.0483. The summed E-state index contributed by atoms with van der Waals surface area (Å²) in [4.78, 5) is 12.6. The Hall–Kier alpha value is -3.06. The summed E-state index contributed by atoms with van der Waals surface area (Å²) in [5, 5.41) is 6.74. The Kier molecular flexibility index (Phi) is 5.40. The summed E-state index contributed by atoms with van der Waals surface area (Å²) in [5.74, 6) is -1.10. The Labute approximate surface area is 166 Å². The Morgan fingerprint density at radius 2 is 1.76 bits per heavy atom. The van der Waals surface area contributed by atoms with Gasteiger partial charge >= 0.3 is 0 Å². The first-order chi connectivity index (χ1) is 14.1. The van der Waals surface area contributed by atoms with E-state index in [1.54, 1.807) is 18.2 Å². The van der Waals surface area contributed by atoms with Crippen molar-refractivity contribution in [2.75, 3.05) is 19.8 Å². The first-order valence-corrected chi connectivity index (χ1v) is 9.40. The molecular weight excluding hydrogens is 378 g/mol. The molecule has 2 aromatic carbocycles. The van der Waals surface area contributed by atoms with Crippen molar-refractivity contribution in [3.8, 4) is 11.3 Å². The molecule has 1 saturated heterocycles. The van der Waals surface area contributed by atoms with Gasteiger partial charge in [-0.25, -0.2) is 8.78 Å². The van der Waals surface area contributed by atoms with Crippen molar-refractivity contribution >= 4 is 5.91 Å². The lowest BCUT2D eigenvalue weighted by Gasteiger charge is -2.37. The van der Waals surface area contributed by atoms with Gasteiger partial charge in [0.05, 0.1) is 0 Å². The van der Waals surface area contributed by atoms with Crippen LogP contribution in [0.25, 0.3) is 11.3 Å². The maximum atomic E-state index is 13.8. The third-order valence-electron chi connectivity index (χ3n) is 5.33. The van der Waals surface area contributed by atoms with Crippen LogP contribution in [0.15, 0.2) is 59.1 Å². The number of hydrogen-bond acceptors (Lipinski definition) is 4. The standard InChI is InChI=1S/C22H20F2N2O3/c23-17-5-1-3-15(11-17)19-13-20(29-26-19)21(27)25-14-22(7-9-28-10-8-22)16-4-2-6-18(24)12-16/h1-6,11-13H,7-10,14H2,(H,25,27). The summed E-state index contributed by atoms with van der Waals surface area (Å²) in [6, 6.07) is 13.8. The second kappa shape index (κ2) is 8.13. The molecule has 0 aliphatic carbocycles. The van der Waals surface area contributed by atoms with Crippen LogP contribution in [-0.4, -0.2) is 30.8 Å². The van der Waals surface area contributed by atoms with Crippen molar-refractivity contribution in [1.29, 1.82) is 0 Å². The van der Waals surface area contributed by atoms with E-state index in [-0.39, 0.29) is 11.6 Å². The van der Waals surface area contributed by atoms with E-state index in [1.165, 1.54) is 30.3 Å². The molecule has 1 aromatic heterocycles. The molecule has 0 bridgehead atoms. The van der Waals surface area contributed by atoms with E-state index >= 15 is 0 Å². The number of ether oxygens (including phenoxy) is 1. The molecule has 1 amide bonds. The number of amides is 1. The van der Waals surface area contributed by atoms with E-state index in [4.69, 9.17) is 9.26 Å². The Bertz CT molecular complexity index is 1010. The van der Waals surface area contributed by atoms with Crippen LogP contribution in [0.3, 0.4) is 0 Å². The summed E-state index contributed by atoms with van der Waals surface area (Å²) in [5.41, 5.74) is 1.31. The minimum absolute atomic E-state index is 0.0331. The van der Waals surface area contributed by atoms with Crippen LogP contribution in [0, 0.1) is 11.6 Å². The van der Waals surface area contributed by atoms with Crippen LogP contribution in [-0.2, 0) is 10.2 Å². The molecule has 0 saturated carbocycles. The molecular formula is C22H20F2N2O3. The zero-order valence-electron chi connectivity index (χ0n) is 15.7. The van der Waals surface area contributed by atoms with Crippen molar-refractivity contribution in [3.05, 3.63) is 77.6 Å². The maximum Gasteiger partial charge on any atom is 0.289 e. The highest BCUT2D eigenvalue weighted by atomic mass is 19.1. The predicted octanol–water partition coefficient (Wildman–Crippen LogP) is 4.10. The molecule has 1 aliphatic heterocycles. The summed E-state index contributed by atoms with van der Waals surface area (Å²) < 4.78 is 37.8. The zero-order valence-corrected chi connectivity index (χ0v) is 15.7. The summed E-state index contributed by atoms with van der Waals surface area (Å²) in [7, 11) is 0. The molecule has 29 heavy (non-hydrogen) atoms. The second-order valence-corrected chi connectivity index (χ2v) is 7.17. The predicted molar refractivity (Wildman–Crippen MR) is 102 cm³/mol. The van der Waals surface area contributed by atoms with Gasteiger partial charge in [0.2, 0.25) is 5.76 Å². The molecule has 1 fully saturated rings. The lowest BCUT2D eigenvalue weighted by Crippen LogP contribution is -2.44. The van der Waals surface area contributed by atoms with E-state index < -0.39 is 17.1 Å². The van der Waals surface area contributed by atoms with Crippen LogP contribution in [0.1, 0.15) is 29.0 Å². The third-order valence-corrected chi connectivity index (χ3v) is 5.33. The highest BCUT2D eigenvalue weighted by Crippen LogP contribution is 2.34. The van der Waals surface area contributed by atoms with Gasteiger partial charge in [0, 0.05) is 36.8 Å². The molecule has 0 radical (unpaired) electrons. The van der Waals surface area contributed by atoms with Gasteiger partial charge in [0.25, 0.3) is 5.91 Å². The largest absolute Gasteiger partial charge is 0.381 e. The molecule has 7 heteroatoms. The molecule has 1 N–H and O–H groups in total. The summed E-state index contributed by atoms with van der Waals surface area (Å²) in [6.07, 6.45) is 1.34. The quantitative estimate of drug-likeness (QED) is 0.703. The van der Waals surface area contributed by atoms with Gasteiger partial charge in [0.1, 0.15) is 17.3 Å². The first kappa shape index (κ1) is 19.3. The number of nitrogens with zero attached hydrogens (tertiary/aromatic N) is 1. The van der Waals surface area contributed by atoms with Crippen molar-refractivity contribution in [2.24, 2.45) is 0 Å². The number of carbonyl (C=O) groups excluding carboxylic acids is 1. The number of nitrogens with one attached hydrogen (secondary N) is 1. The van der Waals surface area contributed by atoms with Crippen LogP contribution < -0.4 is 5.32 Å². The molecule has 2 heterocycles. The van der Waals surface area contributed by atoms with E-state index in [0.717, 1.165) is 5.56 Å². The number of halogens is 2. The van der Waals surface area contributed by atoms with Gasteiger partial charge in [-0.1, -0.05) is 29.4 Å². The van der Waals surface area contributed by atoms with E-state index in [2.05, 4.69) is 10.5 Å². The Morgan fingerprint density at radius 1 is 1.03 bits per heavy atom. The molecule has 0 unspecified atom stereocenters. The lowest BCUT2D eigenvalue weighted by atomic mass is 9.74. The Balaban J connectivity index is 1.50. The van der Waals surface area contributed by atoms with E-state index in [0.29, 0.717) is 43.9 Å². The van der Waals surface area contributed by atoms with Crippen molar-refractivity contribution < 1.29 is 22.8 Å². The number of rotatable bonds is 5. The number of aromatic nitrogens is 1. The topological polar surface area (TPSA) is 64.4 Å². The number of hydrogen-bond donors (Lipinski definition) is 1. The van der Waals surface area contributed by atoms with Crippen molar-refractivity contribution in [2.45, 2.75) is 18.3 Å². The smallest absolute Gasteiger partial charge is 0.289 e. The molecule has 5 nitrogen and oxygen atoms in total. The average molecular weight is 398 g/mol. The van der Waals surface area contributed by atoms with Crippen LogP contribution in [0.4, 0.5) is 8.78 Å². The Morgan fingerprint density at radius 3 is 2.48 bits per heavy atom. The highest BCUT2D eigenvalue weighted by molar-refractivity contribution is 5.92. The van der Waals surface area contributed by atoms with Gasteiger partial charge in [0.15, 0.2) is 0 Å². The first-order valence-electron chi connectivity index (χ1n) is 9.40. The minimum atomic E-state index is -0.428. The molecule has 1 aliphatic rings. The molecule has 0 atom stereocenters. The fraction of sp³-hybridized carbons (Fsp3) is 0.273. The third kappa shape index (κ3) is 4.19. The maximum absolute atomic E-state index is 13.8. The summed E-state index contributed by atoms with van der Waals surface area (Å²) in [6.45, 7) is 1.39. The average Bonchev–Trinajstić information content (AvgIpc) is 3.23. The fourth-order valence-electron chi connectivity index (χ4n) is 3.65. The van der Waals surface area contributed by atoms with Gasteiger partial charge in [-0.3, -0.25) is 4.79 Å².